The van der Waals surface area contributed by atoms with Crippen LogP contribution < -0.4 is 10.9 Å². The summed E-state index contributed by atoms with van der Waals surface area (Å²) in [4.78, 5) is 13.2. The van der Waals surface area contributed by atoms with Crippen LogP contribution in [0.2, 0.25) is 0 Å². The quantitative estimate of drug-likeness (QED) is 0.244. The Labute approximate surface area is 213 Å². The number of hydrazine groups is 2. The monoisotopic (exact) mass is 590 g/mol. The van der Waals surface area contributed by atoms with Gasteiger partial charge >= 0.3 is 0 Å². The van der Waals surface area contributed by atoms with Crippen LogP contribution in [0.4, 0.5) is 0 Å². The van der Waals surface area contributed by atoms with Crippen molar-refractivity contribution in [2.75, 3.05) is 59.1 Å². The number of hydrogen-bond donors (Lipinski definition) is 2. The lowest BCUT2D eigenvalue weighted by molar-refractivity contribution is -0.124. The third-order valence-corrected chi connectivity index (χ3v) is 14.2. The molecule has 0 aliphatic carbocycles. The Hall–Kier alpha value is -0.690. The maximum Gasteiger partial charge on any atom is 0.163 e. The van der Waals surface area contributed by atoms with Crippen LogP contribution in [0.25, 0.3) is 0 Å². The first-order valence-corrected chi connectivity index (χ1v) is 19.3. The zero-order chi connectivity index (χ0) is 26.4. The van der Waals surface area contributed by atoms with E-state index in [0.29, 0.717) is 25.7 Å². The highest BCUT2D eigenvalue weighted by atomic mass is 32.2. The van der Waals surface area contributed by atoms with Crippen molar-refractivity contribution in [3.8, 4) is 0 Å². The molecular weight excluding hydrogens is 556 g/mol. The van der Waals surface area contributed by atoms with E-state index < -0.39 is 63.5 Å². The van der Waals surface area contributed by atoms with E-state index in [1.807, 2.05) is 0 Å². The van der Waals surface area contributed by atoms with Crippen molar-refractivity contribution >= 4 is 45.1 Å². The fraction of sp³-hybridized carbons (Fsp3) is 0.947. The first kappa shape index (κ1) is 28.3. The van der Waals surface area contributed by atoms with Gasteiger partial charge in [0.15, 0.2) is 45.1 Å². The molecule has 13 nitrogen and oxygen atoms in total. The standard InChI is InChI=1S/C19H34N4O9S4/c24-19(9-22(17-3-7-35(29,30)13-17)20-15-1-5-33(25,26)11-15)10-23(18-4-8-36(31,32)14-18)21-16-2-6-34(27,28)12-16/h15-18,20-21H,1-14H2/t15-,16+,17-,18+. The first-order chi connectivity index (χ1) is 16.6. The molecule has 17 heteroatoms. The molecule has 36 heavy (non-hydrogen) atoms. The summed E-state index contributed by atoms with van der Waals surface area (Å²) in [7, 11) is -12.9. The Balaban J connectivity index is 1.45. The summed E-state index contributed by atoms with van der Waals surface area (Å²) in [5.41, 5.74) is 6.15. The number of carbonyl (C=O) groups excluding carboxylic acids is 1. The fourth-order valence-corrected chi connectivity index (χ4v) is 12.1. The summed E-state index contributed by atoms with van der Waals surface area (Å²) in [6.45, 7) is -0.394. The van der Waals surface area contributed by atoms with Crippen molar-refractivity contribution in [3.63, 3.8) is 0 Å². The number of nitrogens with one attached hydrogen (secondary N) is 2. The van der Waals surface area contributed by atoms with E-state index in [2.05, 4.69) is 10.9 Å². The van der Waals surface area contributed by atoms with Crippen LogP contribution in [0.5, 0.6) is 0 Å². The van der Waals surface area contributed by atoms with Gasteiger partial charge in [0.2, 0.25) is 0 Å². The van der Waals surface area contributed by atoms with Gasteiger partial charge in [0.1, 0.15) is 0 Å². The Morgan fingerprint density at radius 1 is 0.556 bits per heavy atom. The van der Waals surface area contributed by atoms with E-state index in [9.17, 15) is 38.5 Å². The van der Waals surface area contributed by atoms with Gasteiger partial charge < -0.3 is 0 Å². The Morgan fingerprint density at radius 2 is 0.889 bits per heavy atom. The molecule has 4 aliphatic rings. The van der Waals surface area contributed by atoms with Crippen LogP contribution in [-0.2, 0) is 44.1 Å². The summed E-state index contributed by atoms with van der Waals surface area (Å²) in [5.74, 6) is -0.799. The third kappa shape index (κ3) is 7.68. The van der Waals surface area contributed by atoms with E-state index in [1.54, 1.807) is 0 Å². The highest BCUT2D eigenvalue weighted by Crippen LogP contribution is 2.21. The molecule has 0 amide bonds. The molecule has 0 spiro atoms. The second-order valence-corrected chi connectivity index (χ2v) is 19.3. The number of carbonyl (C=O) groups is 1. The van der Waals surface area contributed by atoms with Gasteiger partial charge in [0.25, 0.3) is 0 Å². The van der Waals surface area contributed by atoms with Crippen molar-refractivity contribution in [1.29, 1.82) is 0 Å². The number of ketones is 1. The third-order valence-electron chi connectivity index (χ3n) is 7.15. The molecule has 0 aromatic heterocycles. The molecule has 0 aromatic rings. The molecule has 4 saturated heterocycles. The van der Waals surface area contributed by atoms with Gasteiger partial charge in [-0.25, -0.2) is 43.7 Å². The lowest BCUT2D eigenvalue weighted by Crippen LogP contribution is -2.57. The van der Waals surface area contributed by atoms with Crippen LogP contribution in [0.1, 0.15) is 25.7 Å². The lowest BCUT2D eigenvalue weighted by atomic mass is 10.2. The minimum absolute atomic E-state index is 0.0171. The zero-order valence-electron chi connectivity index (χ0n) is 19.9. The summed E-state index contributed by atoms with van der Waals surface area (Å²) >= 11 is 0. The predicted octanol–water partition coefficient (Wildman–Crippen LogP) is -3.08. The fourth-order valence-electron chi connectivity index (χ4n) is 5.30. The summed E-state index contributed by atoms with van der Waals surface area (Å²) in [6.07, 6.45) is 1.34. The molecule has 4 heterocycles. The molecule has 2 N–H and O–H groups in total. The summed E-state index contributed by atoms with van der Waals surface area (Å²) in [5, 5.41) is 3.06. The van der Waals surface area contributed by atoms with Crippen LogP contribution in [0.15, 0.2) is 0 Å². The van der Waals surface area contributed by atoms with Crippen molar-refractivity contribution < 1.29 is 38.5 Å². The normalized spacial score (nSPS) is 34.5. The van der Waals surface area contributed by atoms with Crippen LogP contribution in [-0.4, -0.2) is 133 Å². The van der Waals surface area contributed by atoms with Gasteiger partial charge in [-0.2, -0.15) is 0 Å². The largest absolute Gasteiger partial charge is 0.297 e. The molecular formula is C19H34N4O9S4. The molecule has 208 valence electrons. The van der Waals surface area contributed by atoms with Gasteiger partial charge in [-0.1, -0.05) is 0 Å². The predicted molar refractivity (Wildman–Crippen MR) is 133 cm³/mol. The first-order valence-electron chi connectivity index (χ1n) is 12.0. The lowest BCUT2D eigenvalue weighted by Gasteiger charge is -2.33. The maximum atomic E-state index is 13.2. The van der Waals surface area contributed by atoms with Crippen molar-refractivity contribution in [1.82, 2.24) is 20.9 Å². The molecule has 4 fully saturated rings. The Kier molecular flexibility index (Phi) is 8.23. The number of sulfone groups is 4. The highest BCUT2D eigenvalue weighted by Gasteiger charge is 2.39. The van der Waals surface area contributed by atoms with Gasteiger partial charge in [0, 0.05) is 24.2 Å². The molecule has 0 bridgehead atoms. The van der Waals surface area contributed by atoms with Gasteiger partial charge in [-0.05, 0) is 25.7 Å². The van der Waals surface area contributed by atoms with Crippen molar-refractivity contribution in [2.45, 2.75) is 49.9 Å². The maximum absolute atomic E-state index is 13.2. The number of hydrogen-bond acceptors (Lipinski definition) is 13. The highest BCUT2D eigenvalue weighted by molar-refractivity contribution is 7.92. The van der Waals surface area contributed by atoms with Gasteiger partial charge in [-0.15, -0.1) is 0 Å². The SMILES string of the molecule is O=C(CN(N[C@@H]1CCS(=O)(=O)C1)[C@@H]1CCS(=O)(=O)C1)CN(N[C@H]1CCS(=O)(=O)C1)[C@H]1CCS(=O)(=O)C1. The van der Waals surface area contributed by atoms with Crippen LogP contribution in [0.3, 0.4) is 0 Å². The molecule has 4 rings (SSSR count). The Bertz CT molecular complexity index is 1180. The minimum Gasteiger partial charge on any atom is -0.297 e. The topological polar surface area (TPSA) is 184 Å². The zero-order valence-corrected chi connectivity index (χ0v) is 23.2. The smallest absolute Gasteiger partial charge is 0.163 e. The van der Waals surface area contributed by atoms with E-state index in [-0.39, 0.29) is 64.9 Å². The Morgan fingerprint density at radius 3 is 1.17 bits per heavy atom. The number of rotatable bonds is 10. The van der Waals surface area contributed by atoms with E-state index in [1.165, 1.54) is 10.0 Å². The average molecular weight is 591 g/mol. The van der Waals surface area contributed by atoms with E-state index in [4.69, 9.17) is 0 Å². The van der Waals surface area contributed by atoms with Crippen molar-refractivity contribution in [2.24, 2.45) is 0 Å². The van der Waals surface area contributed by atoms with Crippen molar-refractivity contribution in [3.05, 3.63) is 0 Å². The summed E-state index contributed by atoms with van der Waals surface area (Å²) < 4.78 is 95.9. The van der Waals surface area contributed by atoms with E-state index >= 15 is 0 Å². The summed E-state index contributed by atoms with van der Waals surface area (Å²) in [6, 6.07) is -1.83. The average Bonchev–Trinajstić information content (AvgIpc) is 3.47. The molecule has 0 saturated carbocycles. The van der Waals surface area contributed by atoms with Gasteiger partial charge in [-0.3, -0.25) is 15.6 Å². The minimum atomic E-state index is -3.27. The van der Waals surface area contributed by atoms with Gasteiger partial charge in [0.05, 0.1) is 59.1 Å². The number of nitrogens with zero attached hydrogens (tertiary/aromatic N) is 2. The molecule has 0 radical (unpaired) electrons. The number of Topliss-reactive ketones (excluding diaryl/α,β-unsaturated/α-hetero) is 1. The molecule has 4 aliphatic heterocycles. The molecule has 0 aromatic carbocycles. The van der Waals surface area contributed by atoms with E-state index in [0.717, 1.165) is 0 Å². The molecule has 0 unspecified atom stereocenters. The second-order valence-electron chi connectivity index (χ2n) is 10.4. The second kappa shape index (κ2) is 10.5. The molecule has 4 atom stereocenters. The van der Waals surface area contributed by atoms with Crippen LogP contribution >= 0.6 is 0 Å². The van der Waals surface area contributed by atoms with Crippen LogP contribution in [0, 0.1) is 0 Å².